The van der Waals surface area contributed by atoms with E-state index in [1.807, 2.05) is 29.2 Å². The summed E-state index contributed by atoms with van der Waals surface area (Å²) in [6, 6.07) is 7.58. The summed E-state index contributed by atoms with van der Waals surface area (Å²) < 4.78 is 11.1. The molecule has 1 N–H and O–H groups in total. The molecular formula is C18H25NO4. The molecule has 0 spiro atoms. The van der Waals surface area contributed by atoms with Crippen molar-refractivity contribution in [2.45, 2.75) is 49.9 Å². The number of nitrogens with zero attached hydrogens (tertiary/aromatic N) is 1. The number of aliphatic hydroxyl groups excluding tert-OH is 1. The van der Waals surface area contributed by atoms with E-state index in [0.717, 1.165) is 30.6 Å². The topological polar surface area (TPSA) is 59.0 Å². The van der Waals surface area contributed by atoms with Crippen LogP contribution in [0.2, 0.25) is 0 Å². The van der Waals surface area contributed by atoms with Crippen molar-refractivity contribution in [3.8, 4) is 5.75 Å². The van der Waals surface area contributed by atoms with Gasteiger partial charge in [0, 0.05) is 19.2 Å². The summed E-state index contributed by atoms with van der Waals surface area (Å²) in [5.74, 6) is 0.814. The predicted molar refractivity (Wildman–Crippen MR) is 86.4 cm³/mol. The molecular weight excluding hydrogens is 294 g/mol. The average Bonchev–Trinajstić information content (AvgIpc) is 2.94. The minimum atomic E-state index is -0.345. The maximum absolute atomic E-state index is 12.8. The van der Waals surface area contributed by atoms with Crippen LogP contribution in [0.5, 0.6) is 5.75 Å². The summed E-state index contributed by atoms with van der Waals surface area (Å²) in [7, 11) is 3.34. The Hall–Kier alpha value is -1.59. The molecule has 2 aliphatic rings. The van der Waals surface area contributed by atoms with Gasteiger partial charge in [0.1, 0.15) is 5.75 Å². The van der Waals surface area contributed by atoms with Crippen LogP contribution in [0.15, 0.2) is 24.3 Å². The molecule has 5 heteroatoms. The van der Waals surface area contributed by atoms with Gasteiger partial charge < -0.3 is 19.5 Å². The molecule has 3 atom stereocenters. The molecule has 5 nitrogen and oxygen atoms in total. The van der Waals surface area contributed by atoms with Gasteiger partial charge in [0.2, 0.25) is 5.91 Å². The van der Waals surface area contributed by atoms with Crippen LogP contribution in [0.4, 0.5) is 0 Å². The number of fused-ring (bicyclic) bond motifs is 1. The molecule has 0 bridgehead atoms. The molecule has 2 fully saturated rings. The van der Waals surface area contributed by atoms with Crippen molar-refractivity contribution in [3.05, 3.63) is 29.8 Å². The van der Waals surface area contributed by atoms with Crippen LogP contribution < -0.4 is 4.74 Å². The molecule has 1 aliphatic carbocycles. The molecule has 1 heterocycles. The monoisotopic (exact) mass is 319 g/mol. The van der Waals surface area contributed by atoms with Crippen molar-refractivity contribution in [1.82, 2.24) is 4.90 Å². The van der Waals surface area contributed by atoms with E-state index in [1.54, 1.807) is 14.2 Å². The summed E-state index contributed by atoms with van der Waals surface area (Å²) in [6.07, 6.45) is 2.98. The lowest BCUT2D eigenvalue weighted by Crippen LogP contribution is -2.53. The third-order valence-corrected chi connectivity index (χ3v) is 5.42. The van der Waals surface area contributed by atoms with Gasteiger partial charge >= 0.3 is 0 Å². The smallest absolute Gasteiger partial charge is 0.227 e. The second kappa shape index (κ2) is 6.49. The number of likely N-dealkylation sites (tertiary alicyclic amines) is 1. The Morgan fingerprint density at radius 3 is 2.87 bits per heavy atom. The van der Waals surface area contributed by atoms with Crippen molar-refractivity contribution in [2.75, 3.05) is 20.8 Å². The minimum Gasteiger partial charge on any atom is -0.496 e. The van der Waals surface area contributed by atoms with Gasteiger partial charge in [-0.2, -0.15) is 0 Å². The van der Waals surface area contributed by atoms with Gasteiger partial charge in [-0.05, 0) is 31.7 Å². The summed E-state index contributed by atoms with van der Waals surface area (Å²) in [4.78, 5) is 14.7. The van der Waals surface area contributed by atoms with Gasteiger partial charge in [-0.25, -0.2) is 0 Å². The number of para-hydroxylation sites is 1. The minimum absolute atomic E-state index is 0.0292. The summed E-state index contributed by atoms with van der Waals surface area (Å²) >= 11 is 0. The molecule has 1 aliphatic heterocycles. The normalized spacial score (nSPS) is 30.1. The van der Waals surface area contributed by atoms with E-state index in [1.165, 1.54) is 0 Å². The summed E-state index contributed by atoms with van der Waals surface area (Å²) in [5, 5.41) is 10.0. The highest BCUT2D eigenvalue weighted by Gasteiger charge is 2.52. The first kappa shape index (κ1) is 16.3. The largest absolute Gasteiger partial charge is 0.496 e. The predicted octanol–water partition coefficient (Wildman–Crippen LogP) is 1.77. The fourth-order valence-electron chi connectivity index (χ4n) is 4.09. The van der Waals surface area contributed by atoms with Crippen LogP contribution >= 0.6 is 0 Å². The van der Waals surface area contributed by atoms with Crippen LogP contribution in [0.1, 0.15) is 31.2 Å². The van der Waals surface area contributed by atoms with E-state index < -0.39 is 0 Å². The fourth-order valence-corrected chi connectivity index (χ4v) is 4.09. The lowest BCUT2D eigenvalue weighted by Gasteiger charge is -2.42. The molecule has 1 aromatic rings. The molecule has 23 heavy (non-hydrogen) atoms. The van der Waals surface area contributed by atoms with E-state index >= 15 is 0 Å². The number of hydrogen-bond acceptors (Lipinski definition) is 4. The Morgan fingerprint density at radius 1 is 1.35 bits per heavy atom. The van der Waals surface area contributed by atoms with Gasteiger partial charge in [0.25, 0.3) is 0 Å². The number of carbonyl (C=O) groups is 1. The first-order valence-corrected chi connectivity index (χ1v) is 8.24. The first-order chi connectivity index (χ1) is 11.1. The lowest BCUT2D eigenvalue weighted by atomic mass is 9.79. The van der Waals surface area contributed by atoms with E-state index in [0.29, 0.717) is 19.4 Å². The maximum Gasteiger partial charge on any atom is 0.227 e. The molecule has 0 unspecified atom stereocenters. The maximum atomic E-state index is 12.8. The van der Waals surface area contributed by atoms with Crippen molar-refractivity contribution in [2.24, 2.45) is 0 Å². The van der Waals surface area contributed by atoms with Crippen molar-refractivity contribution < 1.29 is 19.4 Å². The number of methoxy groups -OCH3 is 2. The zero-order valence-corrected chi connectivity index (χ0v) is 13.8. The van der Waals surface area contributed by atoms with E-state index in [4.69, 9.17) is 9.47 Å². The van der Waals surface area contributed by atoms with Crippen LogP contribution in [0, 0.1) is 0 Å². The Labute approximate surface area is 137 Å². The number of rotatable bonds is 4. The van der Waals surface area contributed by atoms with Gasteiger partial charge in [-0.3, -0.25) is 4.79 Å². The number of carbonyl (C=O) groups excluding carboxylic acids is 1. The van der Waals surface area contributed by atoms with Gasteiger partial charge in [-0.1, -0.05) is 18.2 Å². The van der Waals surface area contributed by atoms with E-state index in [2.05, 4.69) is 0 Å². The number of ether oxygens (including phenoxy) is 2. The van der Waals surface area contributed by atoms with Gasteiger partial charge in [0.15, 0.2) is 0 Å². The summed E-state index contributed by atoms with van der Waals surface area (Å²) in [5.41, 5.74) is 0.613. The van der Waals surface area contributed by atoms with Crippen molar-refractivity contribution in [1.29, 1.82) is 0 Å². The SMILES string of the molecule is COc1ccccc1CC(=O)N1CC[C@]2(OC)CC[C@@H](O)C[C@H]12. The van der Waals surface area contributed by atoms with Crippen molar-refractivity contribution >= 4 is 5.91 Å². The van der Waals surface area contributed by atoms with E-state index in [-0.39, 0.29) is 23.7 Å². The molecule has 1 saturated carbocycles. The Bertz CT molecular complexity index is 576. The van der Waals surface area contributed by atoms with Crippen molar-refractivity contribution in [3.63, 3.8) is 0 Å². The van der Waals surface area contributed by atoms with Crippen LogP contribution in [0.3, 0.4) is 0 Å². The number of aliphatic hydroxyl groups is 1. The highest BCUT2D eigenvalue weighted by molar-refractivity contribution is 5.80. The second-order valence-corrected chi connectivity index (χ2v) is 6.54. The average molecular weight is 319 g/mol. The zero-order chi connectivity index (χ0) is 16.4. The number of benzene rings is 1. The molecule has 3 rings (SSSR count). The number of hydrogen-bond donors (Lipinski definition) is 1. The molecule has 0 aromatic heterocycles. The Balaban J connectivity index is 1.77. The standard InChI is InChI=1S/C18H25NO4/c1-22-15-6-4-3-5-13(15)11-17(21)19-10-9-18(23-2)8-7-14(20)12-16(18)19/h3-6,14,16,20H,7-12H2,1-2H3/t14-,16+,18-/m1/s1. The highest BCUT2D eigenvalue weighted by atomic mass is 16.5. The first-order valence-electron chi connectivity index (χ1n) is 8.24. The third kappa shape index (κ3) is 2.95. The van der Waals surface area contributed by atoms with Crippen LogP contribution in [-0.4, -0.2) is 54.4 Å². The zero-order valence-electron chi connectivity index (χ0n) is 13.8. The third-order valence-electron chi connectivity index (χ3n) is 5.42. The number of amides is 1. The van der Waals surface area contributed by atoms with Crippen LogP contribution in [-0.2, 0) is 16.0 Å². The molecule has 126 valence electrons. The summed E-state index contributed by atoms with van der Waals surface area (Å²) in [6.45, 7) is 0.694. The van der Waals surface area contributed by atoms with Gasteiger partial charge in [-0.15, -0.1) is 0 Å². The Morgan fingerprint density at radius 2 is 2.13 bits per heavy atom. The quantitative estimate of drug-likeness (QED) is 0.919. The molecule has 1 amide bonds. The molecule has 1 saturated heterocycles. The van der Waals surface area contributed by atoms with Crippen LogP contribution in [0.25, 0.3) is 0 Å². The highest BCUT2D eigenvalue weighted by Crippen LogP contribution is 2.42. The second-order valence-electron chi connectivity index (χ2n) is 6.54. The fraction of sp³-hybridized carbons (Fsp3) is 0.611. The van der Waals surface area contributed by atoms with E-state index in [9.17, 15) is 9.90 Å². The Kier molecular flexibility index (Phi) is 4.60. The molecule has 1 aromatic carbocycles. The molecule has 0 radical (unpaired) electrons. The lowest BCUT2D eigenvalue weighted by molar-refractivity contribution is -0.139. The van der Waals surface area contributed by atoms with Gasteiger partial charge in [0.05, 0.1) is 31.3 Å².